The Labute approximate surface area is 136 Å². The first-order valence-electron chi connectivity index (χ1n) is 7.85. The lowest BCUT2D eigenvalue weighted by Crippen LogP contribution is -2.46. The Balaban J connectivity index is 1.70. The Morgan fingerprint density at radius 2 is 2.17 bits per heavy atom. The van der Waals surface area contributed by atoms with E-state index in [9.17, 15) is 4.79 Å². The molecule has 2 aromatic rings. The van der Waals surface area contributed by atoms with Crippen molar-refractivity contribution in [2.75, 3.05) is 31.6 Å². The second-order valence-corrected chi connectivity index (χ2v) is 5.67. The summed E-state index contributed by atoms with van der Waals surface area (Å²) in [5.41, 5.74) is 1.71. The average Bonchev–Trinajstić information content (AvgIpc) is 2.61. The number of ether oxygens (including phenoxy) is 1. The van der Waals surface area contributed by atoms with E-state index in [0.29, 0.717) is 12.1 Å². The summed E-state index contributed by atoms with van der Waals surface area (Å²) in [5.74, 6) is 0.844. The van der Waals surface area contributed by atoms with E-state index in [0.717, 1.165) is 24.5 Å². The molecule has 0 N–H and O–H groups in total. The molecule has 0 saturated heterocycles. The van der Waals surface area contributed by atoms with Gasteiger partial charge in [-0.15, -0.1) is 0 Å². The zero-order valence-corrected chi connectivity index (χ0v) is 13.5. The first-order chi connectivity index (χ1) is 11.2. The van der Waals surface area contributed by atoms with E-state index in [1.54, 1.807) is 36.5 Å². The highest BCUT2D eigenvalue weighted by Crippen LogP contribution is 2.32. The van der Waals surface area contributed by atoms with Crippen molar-refractivity contribution in [1.29, 1.82) is 0 Å². The second kappa shape index (κ2) is 6.69. The highest BCUT2D eigenvalue weighted by molar-refractivity contribution is 5.93. The maximum Gasteiger partial charge on any atom is 0.255 e. The van der Waals surface area contributed by atoms with E-state index >= 15 is 0 Å². The lowest BCUT2D eigenvalue weighted by molar-refractivity contribution is 0.0709. The van der Waals surface area contributed by atoms with E-state index in [2.05, 4.69) is 22.9 Å². The molecule has 1 aromatic heterocycles. The molecule has 1 aromatic carbocycles. The number of benzene rings is 1. The lowest BCUT2D eigenvalue weighted by atomic mass is 10.1. The van der Waals surface area contributed by atoms with Crippen molar-refractivity contribution < 1.29 is 9.53 Å². The molecule has 1 aliphatic rings. The number of nitrogens with zero attached hydrogens (tertiary/aromatic N) is 3. The van der Waals surface area contributed by atoms with Gasteiger partial charge in [0.05, 0.1) is 24.3 Å². The Morgan fingerprint density at radius 3 is 2.91 bits per heavy atom. The standard InChI is InChI=1S/C18H21N3O2/c1-3-21-13-15(23-17-9-5-4-8-16(17)21)12-20(2)18(22)14-7-6-10-19-11-14/h4-11,15H,3,12-13H2,1-2H3/t15-/m0/s1. The van der Waals surface area contributed by atoms with Gasteiger partial charge < -0.3 is 14.5 Å². The molecule has 0 unspecified atom stereocenters. The highest BCUT2D eigenvalue weighted by Gasteiger charge is 2.26. The fourth-order valence-electron chi connectivity index (χ4n) is 2.87. The number of hydrogen-bond donors (Lipinski definition) is 0. The molecular weight excluding hydrogens is 290 g/mol. The van der Waals surface area contributed by atoms with E-state index < -0.39 is 0 Å². The van der Waals surface area contributed by atoms with Crippen molar-refractivity contribution in [3.8, 4) is 5.75 Å². The van der Waals surface area contributed by atoms with E-state index in [1.165, 1.54) is 0 Å². The van der Waals surface area contributed by atoms with Gasteiger partial charge in [0.15, 0.2) is 0 Å². The Kier molecular flexibility index (Phi) is 4.46. The number of hydrogen-bond acceptors (Lipinski definition) is 4. The van der Waals surface area contributed by atoms with Crippen molar-refractivity contribution in [2.45, 2.75) is 13.0 Å². The van der Waals surface area contributed by atoms with Crippen LogP contribution in [0, 0.1) is 0 Å². The van der Waals surface area contributed by atoms with Crippen molar-refractivity contribution in [2.24, 2.45) is 0 Å². The monoisotopic (exact) mass is 311 g/mol. The summed E-state index contributed by atoms with van der Waals surface area (Å²) < 4.78 is 6.07. The molecule has 23 heavy (non-hydrogen) atoms. The summed E-state index contributed by atoms with van der Waals surface area (Å²) >= 11 is 0. The first kappa shape index (κ1) is 15.3. The van der Waals surface area contributed by atoms with Crippen molar-refractivity contribution in [3.05, 3.63) is 54.4 Å². The zero-order chi connectivity index (χ0) is 16.2. The summed E-state index contributed by atoms with van der Waals surface area (Å²) in [6.07, 6.45) is 3.21. The van der Waals surface area contributed by atoms with Crippen LogP contribution in [0.5, 0.6) is 5.75 Å². The molecule has 0 fully saturated rings. The first-order valence-corrected chi connectivity index (χ1v) is 7.85. The van der Waals surface area contributed by atoms with E-state index in [-0.39, 0.29) is 12.0 Å². The molecule has 3 rings (SSSR count). The molecule has 2 heterocycles. The van der Waals surface area contributed by atoms with Crippen LogP contribution in [0.1, 0.15) is 17.3 Å². The predicted molar refractivity (Wildman–Crippen MR) is 89.9 cm³/mol. The van der Waals surface area contributed by atoms with Gasteiger partial charge >= 0.3 is 0 Å². The van der Waals surface area contributed by atoms with Crippen LogP contribution < -0.4 is 9.64 Å². The summed E-state index contributed by atoms with van der Waals surface area (Å²) in [5, 5.41) is 0. The van der Waals surface area contributed by atoms with Crippen LogP contribution in [0.25, 0.3) is 0 Å². The van der Waals surface area contributed by atoms with Crippen LogP contribution in [0.2, 0.25) is 0 Å². The molecule has 1 amide bonds. The SMILES string of the molecule is CCN1C[C@H](CN(C)C(=O)c2cccnc2)Oc2ccccc21. The quantitative estimate of drug-likeness (QED) is 0.870. The maximum atomic E-state index is 12.4. The molecule has 5 nitrogen and oxygen atoms in total. The predicted octanol–water partition coefficient (Wildman–Crippen LogP) is 2.44. The summed E-state index contributed by atoms with van der Waals surface area (Å²) in [4.78, 5) is 20.4. The minimum Gasteiger partial charge on any atom is -0.485 e. The zero-order valence-electron chi connectivity index (χ0n) is 13.5. The average molecular weight is 311 g/mol. The molecule has 1 atom stereocenters. The Hall–Kier alpha value is -2.56. The Morgan fingerprint density at radius 1 is 1.35 bits per heavy atom. The van der Waals surface area contributed by atoms with Gasteiger partial charge in [-0.25, -0.2) is 0 Å². The van der Waals surface area contributed by atoms with Gasteiger partial charge in [0.25, 0.3) is 5.91 Å². The molecule has 0 radical (unpaired) electrons. The largest absolute Gasteiger partial charge is 0.485 e. The van der Waals surface area contributed by atoms with Crippen LogP contribution in [-0.2, 0) is 0 Å². The van der Waals surface area contributed by atoms with Crippen molar-refractivity contribution in [3.63, 3.8) is 0 Å². The number of anilines is 1. The fraction of sp³-hybridized carbons (Fsp3) is 0.333. The number of fused-ring (bicyclic) bond motifs is 1. The summed E-state index contributed by atoms with van der Waals surface area (Å²) in [7, 11) is 1.80. The molecular formula is C18H21N3O2. The van der Waals surface area contributed by atoms with Crippen LogP contribution in [0.15, 0.2) is 48.8 Å². The topological polar surface area (TPSA) is 45.7 Å². The third-order valence-corrected chi connectivity index (χ3v) is 4.04. The maximum absolute atomic E-state index is 12.4. The smallest absolute Gasteiger partial charge is 0.255 e. The van der Waals surface area contributed by atoms with Crippen LogP contribution >= 0.6 is 0 Å². The Bertz CT molecular complexity index is 675. The number of rotatable bonds is 4. The minimum atomic E-state index is -0.0459. The normalized spacial score (nSPS) is 16.4. The van der Waals surface area contributed by atoms with Gasteiger partial charge in [0.1, 0.15) is 11.9 Å². The number of amides is 1. The van der Waals surface area contributed by atoms with Crippen LogP contribution in [-0.4, -0.2) is 48.6 Å². The number of pyridine rings is 1. The van der Waals surface area contributed by atoms with E-state index in [4.69, 9.17) is 4.74 Å². The third-order valence-electron chi connectivity index (χ3n) is 4.04. The van der Waals surface area contributed by atoms with Gasteiger partial charge in [-0.2, -0.15) is 0 Å². The number of carbonyl (C=O) groups is 1. The third kappa shape index (κ3) is 3.28. The van der Waals surface area contributed by atoms with E-state index in [1.807, 2.05) is 18.2 Å². The molecule has 120 valence electrons. The fourth-order valence-corrected chi connectivity index (χ4v) is 2.87. The molecule has 0 saturated carbocycles. The number of likely N-dealkylation sites (N-methyl/N-ethyl adjacent to an activating group) is 2. The molecule has 0 spiro atoms. The highest BCUT2D eigenvalue weighted by atomic mass is 16.5. The summed E-state index contributed by atoms with van der Waals surface area (Å²) in [6.45, 7) is 4.36. The minimum absolute atomic E-state index is 0.0383. The van der Waals surface area contributed by atoms with Crippen molar-refractivity contribution >= 4 is 11.6 Å². The molecule has 5 heteroatoms. The van der Waals surface area contributed by atoms with Gasteiger partial charge in [-0.1, -0.05) is 12.1 Å². The molecule has 0 aliphatic carbocycles. The van der Waals surface area contributed by atoms with Gasteiger partial charge in [0, 0.05) is 26.0 Å². The lowest BCUT2D eigenvalue weighted by Gasteiger charge is -2.37. The molecule has 0 bridgehead atoms. The van der Waals surface area contributed by atoms with Crippen LogP contribution in [0.3, 0.4) is 0 Å². The van der Waals surface area contributed by atoms with Crippen LogP contribution in [0.4, 0.5) is 5.69 Å². The van der Waals surface area contributed by atoms with Gasteiger partial charge in [-0.05, 0) is 31.2 Å². The number of carbonyl (C=O) groups excluding carboxylic acids is 1. The van der Waals surface area contributed by atoms with Gasteiger partial charge in [-0.3, -0.25) is 9.78 Å². The van der Waals surface area contributed by atoms with Gasteiger partial charge in [0.2, 0.25) is 0 Å². The second-order valence-electron chi connectivity index (χ2n) is 5.67. The summed E-state index contributed by atoms with van der Waals surface area (Å²) in [6, 6.07) is 11.6. The number of para-hydroxylation sites is 2. The van der Waals surface area contributed by atoms with Crippen molar-refractivity contribution in [1.82, 2.24) is 9.88 Å². The number of aromatic nitrogens is 1. The molecule has 1 aliphatic heterocycles.